The molecule has 0 aromatic heterocycles. The first-order valence-electron chi connectivity index (χ1n) is 13.1. The second-order valence-corrected chi connectivity index (χ2v) is 10.2. The normalized spacial score (nSPS) is 23.9. The van der Waals surface area contributed by atoms with Crippen LogP contribution < -0.4 is 0 Å². The van der Waals surface area contributed by atoms with Gasteiger partial charge in [-0.15, -0.1) is 0 Å². The minimum atomic E-state index is -4.99. The molecule has 12 heteroatoms. The fourth-order valence-electron chi connectivity index (χ4n) is 5.36. The molecule has 4 rings (SSSR count). The monoisotopic (exact) mass is 576 g/mol. The van der Waals surface area contributed by atoms with Crippen molar-refractivity contribution in [3.8, 4) is 0 Å². The number of ether oxygens (including phenoxy) is 2. The molecule has 1 amide bonds. The highest BCUT2D eigenvalue weighted by Gasteiger charge is 2.41. The Morgan fingerprint density at radius 3 is 2.17 bits per heavy atom. The van der Waals surface area contributed by atoms with Crippen molar-refractivity contribution in [2.24, 2.45) is 5.92 Å². The van der Waals surface area contributed by atoms with Gasteiger partial charge in [-0.2, -0.15) is 26.3 Å². The van der Waals surface area contributed by atoms with Gasteiger partial charge in [-0.25, -0.2) is 4.39 Å². The molecule has 220 valence electrons. The molecule has 0 spiro atoms. The summed E-state index contributed by atoms with van der Waals surface area (Å²) in [5, 5.41) is 0. The van der Waals surface area contributed by atoms with Gasteiger partial charge in [0.15, 0.2) is 6.29 Å². The lowest BCUT2D eigenvalue weighted by atomic mass is 9.81. The zero-order valence-electron chi connectivity index (χ0n) is 22.1. The average molecular weight is 577 g/mol. The van der Waals surface area contributed by atoms with Crippen LogP contribution in [0.2, 0.25) is 0 Å². The molecule has 2 aliphatic rings. The molecule has 2 aromatic rings. The fraction of sp³-hybridized carbons (Fsp3) is 0.536. The third-order valence-electron chi connectivity index (χ3n) is 7.52. The summed E-state index contributed by atoms with van der Waals surface area (Å²) >= 11 is 0. The van der Waals surface area contributed by atoms with Gasteiger partial charge in [0.05, 0.1) is 30.4 Å². The van der Waals surface area contributed by atoms with E-state index in [0.29, 0.717) is 50.3 Å². The third kappa shape index (κ3) is 7.13. The van der Waals surface area contributed by atoms with Crippen LogP contribution in [0.3, 0.4) is 0 Å². The van der Waals surface area contributed by atoms with Crippen molar-refractivity contribution in [2.75, 3.05) is 39.3 Å². The number of rotatable bonds is 7. The fourth-order valence-corrected chi connectivity index (χ4v) is 5.36. The molecule has 0 N–H and O–H groups in total. The summed E-state index contributed by atoms with van der Waals surface area (Å²) in [4.78, 5) is 16.2. The Morgan fingerprint density at radius 2 is 1.62 bits per heavy atom. The van der Waals surface area contributed by atoms with Crippen LogP contribution in [-0.4, -0.2) is 61.3 Å². The van der Waals surface area contributed by atoms with Crippen LogP contribution in [0.1, 0.15) is 54.5 Å². The van der Waals surface area contributed by atoms with E-state index >= 15 is 0 Å². The minimum absolute atomic E-state index is 0.00517. The first kappa shape index (κ1) is 30.3. The third-order valence-corrected chi connectivity index (χ3v) is 7.52. The summed E-state index contributed by atoms with van der Waals surface area (Å²) in [5.74, 6) is -1.10. The lowest BCUT2D eigenvalue weighted by Gasteiger charge is -2.42. The summed E-state index contributed by atoms with van der Waals surface area (Å²) in [6.07, 6.45) is -11.6. The lowest BCUT2D eigenvalue weighted by molar-refractivity contribution is -0.210. The highest BCUT2D eigenvalue weighted by Crippen LogP contribution is 2.41. The zero-order chi connectivity index (χ0) is 29.2. The minimum Gasteiger partial charge on any atom is -0.352 e. The Balaban J connectivity index is 1.61. The van der Waals surface area contributed by atoms with Crippen molar-refractivity contribution in [2.45, 2.75) is 50.9 Å². The number of hydrogen-bond donors (Lipinski definition) is 0. The van der Waals surface area contributed by atoms with Crippen molar-refractivity contribution in [3.05, 3.63) is 70.5 Å². The van der Waals surface area contributed by atoms with E-state index in [-0.39, 0.29) is 36.6 Å². The number of likely N-dealkylation sites (N-methyl/N-ethyl adjacent to an activating group) is 1. The second-order valence-electron chi connectivity index (χ2n) is 10.2. The molecule has 0 aliphatic carbocycles. The van der Waals surface area contributed by atoms with Gasteiger partial charge < -0.3 is 14.4 Å². The number of hydrogen-bond acceptors (Lipinski definition) is 4. The number of amides is 1. The van der Waals surface area contributed by atoms with Crippen LogP contribution in [0, 0.1) is 11.7 Å². The number of benzene rings is 2. The first-order valence-corrected chi connectivity index (χ1v) is 13.1. The van der Waals surface area contributed by atoms with Crippen LogP contribution in [0.5, 0.6) is 0 Å². The first-order chi connectivity index (χ1) is 18.8. The van der Waals surface area contributed by atoms with Gasteiger partial charge in [-0.05, 0) is 67.6 Å². The number of carbonyl (C=O) groups is 1. The van der Waals surface area contributed by atoms with Gasteiger partial charge in [0.25, 0.3) is 0 Å². The van der Waals surface area contributed by atoms with Crippen LogP contribution >= 0.6 is 0 Å². The summed E-state index contributed by atoms with van der Waals surface area (Å²) in [6, 6.07) is 7.03. The largest absolute Gasteiger partial charge is 0.416 e. The predicted molar refractivity (Wildman–Crippen MR) is 132 cm³/mol. The molecule has 2 aliphatic heterocycles. The van der Waals surface area contributed by atoms with E-state index in [9.17, 15) is 35.5 Å². The van der Waals surface area contributed by atoms with Crippen molar-refractivity contribution >= 4 is 5.91 Å². The molecule has 2 saturated heterocycles. The molecule has 4 atom stereocenters. The number of alkyl halides is 6. The van der Waals surface area contributed by atoms with E-state index in [1.165, 1.54) is 19.1 Å². The average Bonchev–Trinajstić information content (AvgIpc) is 2.88. The van der Waals surface area contributed by atoms with Gasteiger partial charge in [-0.1, -0.05) is 12.1 Å². The lowest BCUT2D eigenvalue weighted by Crippen LogP contribution is -2.52. The maximum absolute atomic E-state index is 13.7. The summed E-state index contributed by atoms with van der Waals surface area (Å²) in [5.41, 5.74) is -2.50. The predicted octanol–water partition coefficient (Wildman–Crippen LogP) is 6.25. The van der Waals surface area contributed by atoms with Gasteiger partial charge >= 0.3 is 12.4 Å². The molecule has 0 radical (unpaired) electrons. The molecular weight excluding hydrogens is 545 g/mol. The van der Waals surface area contributed by atoms with Gasteiger partial charge in [0, 0.05) is 32.1 Å². The molecular formula is C28H31F7N2O3. The summed E-state index contributed by atoms with van der Waals surface area (Å²) < 4.78 is 106. The summed E-state index contributed by atoms with van der Waals surface area (Å²) in [6.45, 7) is 6.07. The van der Waals surface area contributed by atoms with E-state index in [1.807, 2.05) is 11.8 Å². The van der Waals surface area contributed by atoms with E-state index < -0.39 is 47.6 Å². The topological polar surface area (TPSA) is 42.0 Å². The Kier molecular flexibility index (Phi) is 9.11. The number of halogens is 7. The number of piperazine rings is 1. The van der Waals surface area contributed by atoms with Gasteiger partial charge in [-0.3, -0.25) is 9.69 Å². The van der Waals surface area contributed by atoms with Crippen LogP contribution in [0.25, 0.3) is 0 Å². The maximum Gasteiger partial charge on any atom is 0.416 e. The molecule has 2 fully saturated rings. The molecule has 0 saturated carbocycles. The Labute approximate surface area is 227 Å². The van der Waals surface area contributed by atoms with E-state index in [2.05, 4.69) is 0 Å². The van der Waals surface area contributed by atoms with Gasteiger partial charge in [0.1, 0.15) is 5.82 Å². The molecule has 40 heavy (non-hydrogen) atoms. The zero-order valence-corrected chi connectivity index (χ0v) is 22.1. The highest BCUT2D eigenvalue weighted by atomic mass is 19.4. The van der Waals surface area contributed by atoms with E-state index in [4.69, 9.17) is 9.47 Å². The highest BCUT2D eigenvalue weighted by molar-refractivity contribution is 5.78. The Morgan fingerprint density at radius 1 is 1.00 bits per heavy atom. The van der Waals surface area contributed by atoms with Crippen LogP contribution in [0.4, 0.5) is 30.7 Å². The standard InChI is InChI=1S/C28H31F7N2O3/c1-3-37-10-9-36(16-24(37)38)15-19-8-11-39-26(25(19)18-4-6-23(29)7-5-18)40-17(2)20-12-21(27(30,31)32)14-22(13-20)28(33,34)35/h4-7,12-14,17,19,25-26H,3,8-11,15-16H2,1-2H3/t17-,19+,25+,26-/m1/s1. The quantitative estimate of drug-likeness (QED) is 0.366. The van der Waals surface area contributed by atoms with Crippen molar-refractivity contribution < 1.29 is 45.0 Å². The number of nitrogens with zero attached hydrogens (tertiary/aromatic N) is 2. The van der Waals surface area contributed by atoms with Crippen molar-refractivity contribution in [3.63, 3.8) is 0 Å². The molecule has 0 bridgehead atoms. The van der Waals surface area contributed by atoms with Crippen molar-refractivity contribution in [1.29, 1.82) is 0 Å². The van der Waals surface area contributed by atoms with Crippen molar-refractivity contribution in [1.82, 2.24) is 9.80 Å². The Hall–Kier alpha value is -2.70. The van der Waals surface area contributed by atoms with Crippen LogP contribution in [-0.2, 0) is 26.6 Å². The van der Waals surface area contributed by atoms with Crippen LogP contribution in [0.15, 0.2) is 42.5 Å². The SMILES string of the molecule is CCN1CCN(C[C@@H]2CCO[C@H](O[C@H](C)c3cc(C(F)(F)F)cc(C(F)(F)F)c3)[C@H]2c2ccc(F)cc2)CC1=O. The molecule has 2 heterocycles. The molecule has 5 nitrogen and oxygen atoms in total. The Bertz CT molecular complexity index is 1140. The summed E-state index contributed by atoms with van der Waals surface area (Å²) in [7, 11) is 0. The second kappa shape index (κ2) is 12.0. The molecule has 2 aromatic carbocycles. The molecule has 0 unspecified atom stereocenters. The van der Waals surface area contributed by atoms with E-state index in [1.54, 1.807) is 17.0 Å². The maximum atomic E-state index is 13.7. The van der Waals surface area contributed by atoms with E-state index in [0.717, 1.165) is 0 Å². The number of carbonyl (C=O) groups excluding carboxylic acids is 1. The smallest absolute Gasteiger partial charge is 0.352 e. The van der Waals surface area contributed by atoms with Gasteiger partial charge in [0.2, 0.25) is 5.91 Å².